The van der Waals surface area contributed by atoms with Crippen LogP contribution in [0.5, 0.6) is 0 Å². The van der Waals surface area contributed by atoms with E-state index >= 15 is 0 Å². The maximum Gasteiger partial charge on any atom is 0.278 e. The minimum atomic E-state index is 0.0509. The van der Waals surface area contributed by atoms with Crippen molar-refractivity contribution < 1.29 is 14.8 Å². The summed E-state index contributed by atoms with van der Waals surface area (Å²) in [6.07, 6.45) is 1.95. The third-order valence-electron chi connectivity index (χ3n) is 4.90. The number of amides is 1. The van der Waals surface area contributed by atoms with Gasteiger partial charge in [-0.3, -0.25) is 4.79 Å². The van der Waals surface area contributed by atoms with Crippen LogP contribution in [0.15, 0.2) is 35.7 Å². The van der Waals surface area contributed by atoms with Crippen LogP contribution in [0.3, 0.4) is 0 Å². The summed E-state index contributed by atoms with van der Waals surface area (Å²) < 4.78 is 5.36. The van der Waals surface area contributed by atoms with Crippen molar-refractivity contribution in [3.63, 3.8) is 0 Å². The van der Waals surface area contributed by atoms with Gasteiger partial charge in [0, 0.05) is 24.4 Å². The Kier molecular flexibility index (Phi) is 6.83. The predicted octanol–water partition coefficient (Wildman–Crippen LogP) is 2.52. The Morgan fingerprint density at radius 2 is 2.12 bits per heavy atom. The van der Waals surface area contributed by atoms with E-state index in [1.165, 1.54) is 21.6 Å². The summed E-state index contributed by atoms with van der Waals surface area (Å²) >= 11 is 1.81. The number of carbonyl (C=O) groups excluding carboxylic acids is 1. The smallest absolute Gasteiger partial charge is 0.278 e. The van der Waals surface area contributed by atoms with E-state index < -0.39 is 0 Å². The van der Waals surface area contributed by atoms with Crippen molar-refractivity contribution in [3.8, 4) is 0 Å². The molecule has 26 heavy (non-hydrogen) atoms. The van der Waals surface area contributed by atoms with E-state index in [0.717, 1.165) is 39.1 Å². The SMILES string of the molecule is CCOCCC[NH2+]CC(=O)N1CCc2sccc2[C@@H]1c1ccc(C)cc1. The summed E-state index contributed by atoms with van der Waals surface area (Å²) in [4.78, 5) is 16.4. The fourth-order valence-corrected chi connectivity index (χ4v) is 4.41. The highest BCUT2D eigenvalue weighted by Crippen LogP contribution is 2.37. The third-order valence-corrected chi connectivity index (χ3v) is 5.90. The molecule has 2 aromatic rings. The Bertz CT molecular complexity index is 711. The highest BCUT2D eigenvalue weighted by Gasteiger charge is 2.33. The minimum Gasteiger partial charge on any atom is -0.382 e. The molecule has 0 aliphatic carbocycles. The predicted molar refractivity (Wildman–Crippen MR) is 106 cm³/mol. The maximum absolute atomic E-state index is 12.9. The normalized spacial score (nSPS) is 16.5. The lowest BCUT2D eigenvalue weighted by Crippen LogP contribution is -2.87. The number of benzene rings is 1. The summed E-state index contributed by atoms with van der Waals surface area (Å²) in [6.45, 7) is 7.88. The van der Waals surface area contributed by atoms with E-state index in [0.29, 0.717) is 6.54 Å². The number of thiophene rings is 1. The second-order valence-electron chi connectivity index (χ2n) is 6.78. The number of ether oxygens (including phenoxy) is 1. The van der Waals surface area contributed by atoms with Gasteiger partial charge in [0.2, 0.25) is 0 Å². The lowest BCUT2D eigenvalue weighted by Gasteiger charge is -2.36. The molecule has 0 saturated carbocycles. The number of nitrogens with two attached hydrogens (primary N) is 1. The summed E-state index contributed by atoms with van der Waals surface area (Å²) in [5.74, 6) is 0.226. The van der Waals surface area contributed by atoms with Crippen molar-refractivity contribution in [1.82, 2.24) is 4.90 Å². The van der Waals surface area contributed by atoms with Gasteiger partial charge in [0.15, 0.2) is 6.54 Å². The lowest BCUT2D eigenvalue weighted by atomic mass is 9.92. The lowest BCUT2D eigenvalue weighted by molar-refractivity contribution is -0.645. The van der Waals surface area contributed by atoms with Gasteiger partial charge >= 0.3 is 0 Å². The first-order valence-corrected chi connectivity index (χ1v) is 10.4. The van der Waals surface area contributed by atoms with Crippen molar-refractivity contribution in [2.24, 2.45) is 0 Å². The van der Waals surface area contributed by atoms with E-state index in [1.807, 2.05) is 18.3 Å². The van der Waals surface area contributed by atoms with E-state index in [2.05, 4.69) is 52.9 Å². The first kappa shape index (κ1) is 19.1. The highest BCUT2D eigenvalue weighted by atomic mass is 32.1. The van der Waals surface area contributed by atoms with Crippen molar-refractivity contribution >= 4 is 17.2 Å². The van der Waals surface area contributed by atoms with Gasteiger partial charge in [-0.15, -0.1) is 11.3 Å². The van der Waals surface area contributed by atoms with E-state index in [1.54, 1.807) is 0 Å². The van der Waals surface area contributed by atoms with Crippen LogP contribution in [0.4, 0.5) is 0 Å². The molecule has 2 heterocycles. The van der Waals surface area contributed by atoms with Crippen molar-refractivity contribution in [2.75, 3.05) is 32.8 Å². The molecule has 1 atom stereocenters. The molecule has 140 valence electrons. The molecule has 2 N–H and O–H groups in total. The van der Waals surface area contributed by atoms with Gasteiger partial charge in [0.25, 0.3) is 5.91 Å². The van der Waals surface area contributed by atoms with Gasteiger partial charge in [0.05, 0.1) is 19.2 Å². The standard InChI is InChI=1S/C21H28N2O2S/c1-3-25-13-4-11-22-15-20(24)23-12-9-19-18(10-14-26-19)21(23)17-7-5-16(2)6-8-17/h5-8,10,14,21-22H,3-4,9,11-13,15H2,1-2H3/p+1/t21-/m0/s1. The van der Waals surface area contributed by atoms with Crippen LogP contribution in [0.25, 0.3) is 0 Å². The molecule has 3 rings (SSSR count). The third kappa shape index (κ3) is 4.53. The van der Waals surface area contributed by atoms with Gasteiger partial charge in [-0.05, 0) is 42.8 Å². The molecule has 1 aliphatic rings. The first-order valence-electron chi connectivity index (χ1n) is 9.52. The monoisotopic (exact) mass is 373 g/mol. The molecular weight excluding hydrogens is 344 g/mol. The molecule has 0 spiro atoms. The van der Waals surface area contributed by atoms with Crippen molar-refractivity contribution in [2.45, 2.75) is 32.7 Å². The molecule has 1 aromatic heterocycles. The minimum absolute atomic E-state index is 0.0509. The average Bonchev–Trinajstić information content (AvgIpc) is 3.13. The van der Waals surface area contributed by atoms with Gasteiger partial charge in [-0.1, -0.05) is 29.8 Å². The van der Waals surface area contributed by atoms with E-state index in [-0.39, 0.29) is 11.9 Å². The quantitative estimate of drug-likeness (QED) is 0.723. The van der Waals surface area contributed by atoms with Crippen molar-refractivity contribution in [3.05, 3.63) is 57.3 Å². The van der Waals surface area contributed by atoms with Crippen LogP contribution >= 0.6 is 11.3 Å². The molecule has 0 saturated heterocycles. The number of rotatable bonds is 8. The topological polar surface area (TPSA) is 46.1 Å². The second kappa shape index (κ2) is 9.31. The summed E-state index contributed by atoms with van der Waals surface area (Å²) in [7, 11) is 0. The van der Waals surface area contributed by atoms with Crippen LogP contribution in [0, 0.1) is 6.92 Å². The van der Waals surface area contributed by atoms with Crippen LogP contribution in [0.2, 0.25) is 0 Å². The second-order valence-corrected chi connectivity index (χ2v) is 7.78. The molecule has 5 heteroatoms. The number of aryl methyl sites for hydroxylation is 1. The zero-order valence-corrected chi connectivity index (χ0v) is 16.6. The van der Waals surface area contributed by atoms with E-state index in [9.17, 15) is 4.79 Å². The molecule has 0 unspecified atom stereocenters. The maximum atomic E-state index is 12.9. The number of hydrogen-bond acceptors (Lipinski definition) is 3. The molecule has 1 aliphatic heterocycles. The molecular formula is C21H29N2O2S+. The van der Waals surface area contributed by atoms with Crippen LogP contribution in [-0.4, -0.2) is 43.7 Å². The van der Waals surface area contributed by atoms with Gasteiger partial charge in [0.1, 0.15) is 0 Å². The van der Waals surface area contributed by atoms with E-state index in [4.69, 9.17) is 4.74 Å². The van der Waals surface area contributed by atoms with Gasteiger partial charge in [-0.25, -0.2) is 0 Å². The Balaban J connectivity index is 1.69. The fraction of sp³-hybridized carbons (Fsp3) is 0.476. The van der Waals surface area contributed by atoms with Gasteiger partial charge < -0.3 is 15.0 Å². The summed E-state index contributed by atoms with van der Waals surface area (Å²) in [5.41, 5.74) is 3.75. The van der Waals surface area contributed by atoms with Crippen LogP contribution in [-0.2, 0) is 16.0 Å². The Morgan fingerprint density at radius 3 is 2.88 bits per heavy atom. The largest absolute Gasteiger partial charge is 0.382 e. The zero-order chi connectivity index (χ0) is 18.4. The molecule has 4 nitrogen and oxygen atoms in total. The zero-order valence-electron chi connectivity index (χ0n) is 15.7. The van der Waals surface area contributed by atoms with Gasteiger partial charge in [-0.2, -0.15) is 0 Å². The summed E-state index contributed by atoms with van der Waals surface area (Å²) in [6, 6.07) is 10.8. The highest BCUT2D eigenvalue weighted by molar-refractivity contribution is 7.10. The Hall–Kier alpha value is -1.69. The molecule has 0 fully saturated rings. The summed E-state index contributed by atoms with van der Waals surface area (Å²) in [5, 5.41) is 4.26. The Morgan fingerprint density at radius 1 is 1.31 bits per heavy atom. The number of nitrogens with zero attached hydrogens (tertiary/aromatic N) is 1. The number of carbonyl (C=O) groups is 1. The van der Waals surface area contributed by atoms with Crippen LogP contribution < -0.4 is 5.32 Å². The number of hydrogen-bond donors (Lipinski definition) is 1. The average molecular weight is 374 g/mol. The van der Waals surface area contributed by atoms with Crippen LogP contribution in [0.1, 0.15) is 41.0 Å². The number of fused-ring (bicyclic) bond motifs is 1. The molecule has 1 amide bonds. The fourth-order valence-electron chi connectivity index (χ4n) is 3.51. The first-order chi connectivity index (χ1) is 12.7. The molecule has 0 bridgehead atoms. The Labute approximate surface area is 160 Å². The molecule has 0 radical (unpaired) electrons. The van der Waals surface area contributed by atoms with Crippen molar-refractivity contribution in [1.29, 1.82) is 0 Å². The molecule has 1 aromatic carbocycles. The number of quaternary nitrogens is 1.